The van der Waals surface area contributed by atoms with Crippen LogP contribution in [0.5, 0.6) is 0 Å². The summed E-state index contributed by atoms with van der Waals surface area (Å²) in [5.74, 6) is -0.101. The number of carbonyl (C=O) groups is 2. The second-order valence-electron chi connectivity index (χ2n) is 13.0. The Morgan fingerprint density at radius 3 is 1.82 bits per heavy atom. The normalized spacial score (nSPS) is 21.1. The highest BCUT2D eigenvalue weighted by Gasteiger charge is 2.33. The number of ether oxygens (including phenoxy) is 2. The van der Waals surface area contributed by atoms with E-state index in [4.69, 9.17) is 9.47 Å². The molecule has 3 fully saturated rings. The van der Waals surface area contributed by atoms with E-state index in [1.165, 1.54) is 57.8 Å². The number of halogens is 2. The van der Waals surface area contributed by atoms with E-state index < -0.39 is 0 Å². The molecule has 0 N–H and O–H groups in total. The molecule has 0 saturated carbocycles. The van der Waals surface area contributed by atoms with E-state index in [-0.39, 0.29) is 35.5 Å². The van der Waals surface area contributed by atoms with Crippen LogP contribution in [0.3, 0.4) is 0 Å². The maximum absolute atomic E-state index is 13.2. The summed E-state index contributed by atoms with van der Waals surface area (Å²) in [5.41, 5.74) is 4.23. The minimum Gasteiger partial charge on any atom is -0.381 e. The number of aromatic nitrogens is 2. The van der Waals surface area contributed by atoms with Gasteiger partial charge in [-0.15, -0.1) is 0 Å². The molecule has 4 aliphatic heterocycles. The van der Waals surface area contributed by atoms with Crippen molar-refractivity contribution in [2.75, 3.05) is 39.5 Å². The number of benzene rings is 2. The third-order valence-electron chi connectivity index (χ3n) is 9.92. The topological polar surface area (TPSA) is 84.9 Å². The molecular formula is C38H40F2N4O4S2. The Morgan fingerprint density at radius 2 is 1.26 bits per heavy atom. The molecule has 2 aromatic heterocycles. The lowest BCUT2D eigenvalue weighted by Gasteiger charge is -2.24. The molecule has 8 rings (SSSR count). The predicted molar refractivity (Wildman–Crippen MR) is 189 cm³/mol. The van der Waals surface area contributed by atoms with Crippen LogP contribution in [-0.4, -0.2) is 69.9 Å². The van der Waals surface area contributed by atoms with Crippen molar-refractivity contribution in [3.8, 4) is 0 Å². The molecule has 4 aliphatic rings. The summed E-state index contributed by atoms with van der Waals surface area (Å²) < 4.78 is 45.9. The van der Waals surface area contributed by atoms with Gasteiger partial charge in [-0.25, -0.2) is 8.78 Å². The van der Waals surface area contributed by atoms with Crippen molar-refractivity contribution < 1.29 is 27.8 Å². The number of carbonyl (C=O) groups excluding carboxylic acids is 2. The van der Waals surface area contributed by atoms with Gasteiger partial charge in [-0.3, -0.25) is 9.59 Å². The molecule has 0 aliphatic carbocycles. The van der Waals surface area contributed by atoms with Crippen LogP contribution < -0.4 is 0 Å². The van der Waals surface area contributed by atoms with Gasteiger partial charge in [0.15, 0.2) is 0 Å². The highest BCUT2D eigenvalue weighted by molar-refractivity contribution is 7.07. The Labute approximate surface area is 299 Å². The number of nitrogens with zero attached hydrogens (tertiary/aromatic N) is 4. The van der Waals surface area contributed by atoms with Crippen LogP contribution in [0.25, 0.3) is 5.57 Å². The van der Waals surface area contributed by atoms with Gasteiger partial charge in [0.05, 0.1) is 30.2 Å². The highest BCUT2D eigenvalue weighted by atomic mass is 32.1. The fraction of sp³-hybridized carbons (Fsp3) is 0.421. The second kappa shape index (κ2) is 16.0. The van der Waals surface area contributed by atoms with Crippen molar-refractivity contribution >= 4 is 40.5 Å². The van der Waals surface area contributed by atoms with Gasteiger partial charge >= 0.3 is 0 Å². The van der Waals surface area contributed by atoms with E-state index >= 15 is 0 Å². The van der Waals surface area contributed by atoms with Crippen LogP contribution in [-0.2, 0) is 9.47 Å². The molecule has 6 heterocycles. The Kier molecular flexibility index (Phi) is 11.1. The average molecular weight is 719 g/mol. The third kappa shape index (κ3) is 7.88. The second-order valence-corrected chi connectivity index (χ2v) is 14.7. The van der Waals surface area contributed by atoms with Gasteiger partial charge in [-0.1, -0.05) is 30.3 Å². The summed E-state index contributed by atoms with van der Waals surface area (Å²) in [4.78, 5) is 31.9. The van der Waals surface area contributed by atoms with Crippen LogP contribution in [0.4, 0.5) is 8.78 Å². The minimum absolute atomic E-state index is 0.000506. The zero-order valence-electron chi connectivity index (χ0n) is 27.8. The first-order valence-corrected chi connectivity index (χ1v) is 18.9. The highest BCUT2D eigenvalue weighted by Crippen LogP contribution is 2.36. The van der Waals surface area contributed by atoms with Crippen LogP contribution in [0.2, 0.25) is 0 Å². The van der Waals surface area contributed by atoms with E-state index in [2.05, 4.69) is 14.8 Å². The minimum atomic E-state index is -0.256. The van der Waals surface area contributed by atoms with Gasteiger partial charge in [0.25, 0.3) is 11.8 Å². The van der Waals surface area contributed by atoms with E-state index in [1.807, 2.05) is 21.9 Å². The van der Waals surface area contributed by atoms with E-state index in [0.29, 0.717) is 37.1 Å². The number of hydrogen-bond donors (Lipinski definition) is 0. The molecule has 2 aromatic carbocycles. The van der Waals surface area contributed by atoms with Crippen LogP contribution in [0.15, 0.2) is 66.7 Å². The van der Waals surface area contributed by atoms with Gasteiger partial charge in [-0.05, 0) is 127 Å². The summed E-state index contributed by atoms with van der Waals surface area (Å²) in [7, 11) is 0. The van der Waals surface area contributed by atoms with Gasteiger partial charge in [0.2, 0.25) is 0 Å². The molecule has 2 amide bonds. The molecule has 0 bridgehead atoms. The molecule has 2 unspecified atom stereocenters. The number of likely N-dealkylation sites (tertiary alicyclic amines) is 2. The Hall–Kier alpha value is -3.84. The largest absolute Gasteiger partial charge is 0.381 e. The van der Waals surface area contributed by atoms with Crippen molar-refractivity contribution in [1.82, 2.24) is 18.5 Å². The summed E-state index contributed by atoms with van der Waals surface area (Å²) in [6, 6.07) is 16.8. The molecule has 262 valence electrons. The van der Waals surface area contributed by atoms with Crippen molar-refractivity contribution in [3.63, 3.8) is 0 Å². The van der Waals surface area contributed by atoms with E-state index in [9.17, 15) is 18.4 Å². The third-order valence-corrected chi connectivity index (χ3v) is 11.7. The van der Waals surface area contributed by atoms with Gasteiger partial charge < -0.3 is 19.3 Å². The summed E-state index contributed by atoms with van der Waals surface area (Å²) in [6.07, 6.45) is 8.64. The predicted octanol–water partition coefficient (Wildman–Crippen LogP) is 8.22. The molecule has 8 nitrogen and oxygen atoms in total. The molecule has 12 heteroatoms. The van der Waals surface area contributed by atoms with Crippen molar-refractivity contribution in [2.24, 2.45) is 0 Å². The zero-order chi connectivity index (χ0) is 34.5. The quantitative estimate of drug-likeness (QED) is 0.200. The van der Waals surface area contributed by atoms with E-state index in [1.54, 1.807) is 24.3 Å². The molecular weight excluding hydrogens is 679 g/mol. The molecule has 0 spiro atoms. The molecule has 50 heavy (non-hydrogen) atoms. The monoisotopic (exact) mass is 718 g/mol. The molecule has 2 atom stereocenters. The Bertz CT molecular complexity index is 1800. The van der Waals surface area contributed by atoms with Crippen molar-refractivity contribution in [2.45, 2.75) is 62.9 Å². The summed E-state index contributed by atoms with van der Waals surface area (Å²) in [5, 5.41) is 0. The van der Waals surface area contributed by atoms with Gasteiger partial charge in [0, 0.05) is 31.2 Å². The first kappa shape index (κ1) is 34.6. The van der Waals surface area contributed by atoms with E-state index in [0.717, 1.165) is 80.7 Å². The number of amides is 2. The molecule has 4 aromatic rings. The molecule has 3 saturated heterocycles. The summed E-state index contributed by atoms with van der Waals surface area (Å²) >= 11 is 2.81. The first-order chi connectivity index (χ1) is 24.4. The average Bonchev–Trinajstić information content (AvgIpc) is 4.00. The fourth-order valence-corrected chi connectivity index (χ4v) is 8.90. The summed E-state index contributed by atoms with van der Waals surface area (Å²) in [6.45, 7) is 4.34. The lowest BCUT2D eigenvalue weighted by Crippen LogP contribution is -2.30. The number of rotatable bonds is 6. The smallest absolute Gasteiger partial charge is 0.274 e. The van der Waals surface area contributed by atoms with Crippen molar-refractivity contribution in [3.05, 3.63) is 111 Å². The first-order valence-electron chi connectivity index (χ1n) is 17.4. The van der Waals surface area contributed by atoms with Crippen LogP contribution >= 0.6 is 23.1 Å². The molecule has 0 radical (unpaired) electrons. The maximum Gasteiger partial charge on any atom is 0.274 e. The Balaban J connectivity index is 0.000000157. The lowest BCUT2D eigenvalue weighted by atomic mass is 9.98. The van der Waals surface area contributed by atoms with Crippen molar-refractivity contribution in [1.29, 1.82) is 0 Å². The van der Waals surface area contributed by atoms with Gasteiger partial charge in [0.1, 0.15) is 23.0 Å². The number of hydrogen-bond acceptors (Lipinski definition) is 8. The van der Waals surface area contributed by atoms with Gasteiger partial charge in [-0.2, -0.15) is 8.75 Å². The standard InChI is InChI=1S/C19H21FN2O2S.C19H19FN2O2S/c2*20-15-5-3-13(4-6-15)17-2-1-9-22(17)19(23)16-12-18(25-21-16)14-7-10-24-11-8-14/h3-6,12,14,17H,1-2,7-11H2;3-7,12,17H,1-2,8-11H2. The zero-order valence-corrected chi connectivity index (χ0v) is 29.4. The maximum atomic E-state index is 13.2. The lowest BCUT2D eigenvalue weighted by molar-refractivity contribution is 0.0723. The van der Waals surface area contributed by atoms with Crippen LogP contribution in [0, 0.1) is 11.6 Å². The van der Waals surface area contributed by atoms with Crippen LogP contribution in [0.1, 0.15) is 105 Å². The Morgan fingerprint density at radius 1 is 0.700 bits per heavy atom. The SMILES string of the molecule is O=C(c1cc(C2=CCOCC2)sn1)N1CCCC1c1ccc(F)cc1.O=C(c1cc(C2CCOCC2)sn1)N1CCCC1c1ccc(F)cc1. The fourth-order valence-electron chi connectivity index (χ4n) is 7.22.